The Hall–Kier alpha value is -2.69. The van der Waals surface area contributed by atoms with E-state index in [2.05, 4.69) is 14.7 Å². The molecule has 6 nitrogen and oxygen atoms in total. The molecule has 0 amide bonds. The monoisotopic (exact) mass is 525 g/mol. The number of phenolic OH excluding ortho intramolecular Hbond substituents is 1. The molecule has 0 aliphatic heterocycles. The molecule has 4 rings (SSSR count). The van der Waals surface area contributed by atoms with Gasteiger partial charge in [-0.2, -0.15) is 4.39 Å². The second-order valence-corrected chi connectivity index (χ2v) is 10.9. The van der Waals surface area contributed by atoms with Crippen LogP contribution in [0.2, 0.25) is 0 Å². The Morgan fingerprint density at radius 1 is 1.14 bits per heavy atom. The number of rotatable bonds is 7. The maximum atomic E-state index is 14.7. The highest BCUT2D eigenvalue weighted by molar-refractivity contribution is 7.88. The summed E-state index contributed by atoms with van der Waals surface area (Å²) in [7, 11) is -3.44. The molecular weight excluding hydrogens is 503 g/mol. The van der Waals surface area contributed by atoms with Crippen LogP contribution in [0.4, 0.5) is 13.2 Å². The second-order valence-electron chi connectivity index (χ2n) is 8.86. The van der Waals surface area contributed by atoms with Crippen molar-refractivity contribution in [2.24, 2.45) is 0 Å². The van der Waals surface area contributed by atoms with E-state index < -0.39 is 38.6 Å². The summed E-state index contributed by atoms with van der Waals surface area (Å²) in [6, 6.07) is 7.49. The topological polar surface area (TPSA) is 92.2 Å². The van der Waals surface area contributed by atoms with Crippen molar-refractivity contribution in [1.29, 1.82) is 0 Å². The highest BCUT2D eigenvalue weighted by Crippen LogP contribution is 2.43. The van der Waals surface area contributed by atoms with Crippen LogP contribution in [0.5, 0.6) is 5.75 Å². The summed E-state index contributed by atoms with van der Waals surface area (Å²) in [5.41, 5.74) is 0.289. The number of sulfonamides is 1. The third kappa shape index (κ3) is 5.44. The van der Waals surface area contributed by atoms with Crippen molar-refractivity contribution in [3.05, 3.63) is 77.1 Å². The quantitative estimate of drug-likeness (QED) is 0.440. The minimum atomic E-state index is -3.44. The van der Waals surface area contributed by atoms with E-state index in [0.717, 1.165) is 18.4 Å². The molecule has 3 aromatic rings. The molecule has 0 saturated heterocycles. The van der Waals surface area contributed by atoms with Crippen LogP contribution in [-0.4, -0.2) is 35.8 Å². The maximum absolute atomic E-state index is 14.7. The van der Waals surface area contributed by atoms with Gasteiger partial charge < -0.3 is 5.11 Å². The summed E-state index contributed by atoms with van der Waals surface area (Å²) in [6.45, 7) is 0. The normalized spacial score (nSPS) is 20.3. The fourth-order valence-electron chi connectivity index (χ4n) is 4.74. The first-order chi connectivity index (χ1) is 16.5. The second kappa shape index (κ2) is 9.75. The van der Waals surface area contributed by atoms with E-state index in [0.29, 0.717) is 42.8 Å². The van der Waals surface area contributed by atoms with E-state index in [4.69, 9.17) is 11.6 Å². The summed E-state index contributed by atoms with van der Waals surface area (Å²) in [5.74, 6) is -3.73. The van der Waals surface area contributed by atoms with Crippen LogP contribution in [0.25, 0.3) is 11.1 Å². The Labute approximate surface area is 206 Å². The lowest BCUT2D eigenvalue weighted by molar-refractivity contribution is 0.398. The molecule has 2 atom stereocenters. The van der Waals surface area contributed by atoms with Crippen molar-refractivity contribution in [2.45, 2.75) is 43.0 Å². The van der Waals surface area contributed by atoms with Gasteiger partial charge in [-0.15, -0.1) is 11.6 Å². The van der Waals surface area contributed by atoms with Crippen LogP contribution < -0.4 is 4.72 Å². The number of alkyl halides is 1. The van der Waals surface area contributed by atoms with Gasteiger partial charge in [-0.05, 0) is 61.6 Å². The molecule has 0 spiro atoms. The molecule has 1 aliphatic rings. The van der Waals surface area contributed by atoms with Crippen LogP contribution in [-0.2, 0) is 27.7 Å². The zero-order chi connectivity index (χ0) is 25.4. The summed E-state index contributed by atoms with van der Waals surface area (Å²) in [4.78, 5) is 9.03. The molecule has 2 aromatic carbocycles. The van der Waals surface area contributed by atoms with Gasteiger partial charge in [-0.3, -0.25) is 0 Å². The van der Waals surface area contributed by atoms with Crippen LogP contribution >= 0.6 is 11.6 Å². The summed E-state index contributed by atoms with van der Waals surface area (Å²) in [6.07, 6.45) is 4.49. The zero-order valence-electron chi connectivity index (χ0n) is 18.7. The average molecular weight is 526 g/mol. The van der Waals surface area contributed by atoms with Crippen LogP contribution in [0.15, 0.2) is 42.6 Å². The van der Waals surface area contributed by atoms with Gasteiger partial charge in [-0.25, -0.2) is 31.9 Å². The van der Waals surface area contributed by atoms with Crippen LogP contribution in [0.3, 0.4) is 0 Å². The lowest BCUT2D eigenvalue weighted by Gasteiger charge is -2.29. The molecule has 186 valence electrons. The zero-order valence-corrected chi connectivity index (χ0v) is 20.3. The van der Waals surface area contributed by atoms with Crippen LogP contribution in [0.1, 0.15) is 36.3 Å². The number of aromatic nitrogens is 2. The molecule has 1 fully saturated rings. The number of aromatic hydroxyl groups is 1. The minimum absolute atomic E-state index is 0.0896. The molecule has 1 aliphatic carbocycles. The Bertz CT molecular complexity index is 1370. The van der Waals surface area contributed by atoms with E-state index in [1.807, 2.05) is 0 Å². The fourth-order valence-corrected chi connectivity index (χ4v) is 5.69. The van der Waals surface area contributed by atoms with Crippen LogP contribution in [0, 0.1) is 17.5 Å². The number of nitrogens with zero attached hydrogens (tertiary/aromatic N) is 2. The van der Waals surface area contributed by atoms with E-state index >= 15 is 0 Å². The highest BCUT2D eigenvalue weighted by atomic mass is 35.5. The molecule has 1 saturated carbocycles. The van der Waals surface area contributed by atoms with Gasteiger partial charge in [0, 0.05) is 28.8 Å². The first-order valence-electron chi connectivity index (χ1n) is 10.8. The average Bonchev–Trinajstić information content (AvgIpc) is 3.21. The maximum Gasteiger partial charge on any atom is 0.208 e. The number of phenols is 1. The lowest BCUT2D eigenvalue weighted by Crippen LogP contribution is -2.35. The largest absolute Gasteiger partial charge is 0.504 e. The molecule has 1 aromatic heterocycles. The number of hydrogen-bond donors (Lipinski definition) is 2. The number of halogens is 4. The summed E-state index contributed by atoms with van der Waals surface area (Å²) >= 11 is 5.97. The number of nitrogens with one attached hydrogen (secondary N) is 1. The molecule has 11 heteroatoms. The van der Waals surface area contributed by atoms with Gasteiger partial charge in [0.25, 0.3) is 0 Å². The molecule has 35 heavy (non-hydrogen) atoms. The molecular formula is C24H23ClF3N3O3S. The van der Waals surface area contributed by atoms with Gasteiger partial charge in [0.1, 0.15) is 11.6 Å². The van der Waals surface area contributed by atoms with Gasteiger partial charge in [0.15, 0.2) is 11.6 Å². The van der Waals surface area contributed by atoms with Crippen molar-refractivity contribution < 1.29 is 26.7 Å². The van der Waals surface area contributed by atoms with Gasteiger partial charge in [0.05, 0.1) is 17.8 Å². The first-order valence-corrected chi connectivity index (χ1v) is 13.3. The standard InChI is InChI=1S/C24H23ClF3N3O3S/c1-35(33,34)31-15-6-8-24(12-15,23-29-9-7-16(13-25)30-23)11-14-2-4-19(26)18(10-14)17-3-5-20(27)21(28)22(17)32/h2-5,7,9-10,15,31-32H,6,8,11-13H2,1H3/t15-,24+/m0/s1. The fraction of sp³-hybridized carbons (Fsp3) is 0.333. The van der Waals surface area contributed by atoms with E-state index in [9.17, 15) is 26.7 Å². The van der Waals surface area contributed by atoms with E-state index in [1.54, 1.807) is 18.3 Å². The summed E-state index contributed by atoms with van der Waals surface area (Å²) < 4.78 is 68.4. The lowest BCUT2D eigenvalue weighted by atomic mass is 9.78. The predicted molar refractivity (Wildman–Crippen MR) is 126 cm³/mol. The van der Waals surface area contributed by atoms with E-state index in [1.165, 1.54) is 12.1 Å². The molecule has 0 bridgehead atoms. The Morgan fingerprint density at radius 3 is 2.60 bits per heavy atom. The van der Waals surface area contributed by atoms with Gasteiger partial charge in [-0.1, -0.05) is 6.07 Å². The van der Waals surface area contributed by atoms with Crippen molar-refractivity contribution in [3.8, 4) is 16.9 Å². The van der Waals surface area contributed by atoms with Crippen molar-refractivity contribution in [1.82, 2.24) is 14.7 Å². The molecule has 0 unspecified atom stereocenters. The molecule has 1 heterocycles. The first kappa shape index (κ1) is 25.4. The summed E-state index contributed by atoms with van der Waals surface area (Å²) in [5, 5.41) is 10.1. The SMILES string of the molecule is CS(=O)(=O)N[C@H]1CC[C@](Cc2ccc(F)c(-c3ccc(F)c(F)c3O)c2)(c2nccc(CCl)n2)C1. The number of benzene rings is 2. The Kier molecular flexibility index (Phi) is 7.08. The van der Waals surface area contributed by atoms with Gasteiger partial charge in [0.2, 0.25) is 15.8 Å². The smallest absolute Gasteiger partial charge is 0.208 e. The molecule has 2 N–H and O–H groups in total. The van der Waals surface area contributed by atoms with Crippen molar-refractivity contribution in [3.63, 3.8) is 0 Å². The highest BCUT2D eigenvalue weighted by Gasteiger charge is 2.44. The van der Waals surface area contributed by atoms with Gasteiger partial charge >= 0.3 is 0 Å². The van der Waals surface area contributed by atoms with Crippen molar-refractivity contribution in [2.75, 3.05) is 6.26 Å². The third-order valence-corrected chi connectivity index (χ3v) is 7.28. The number of hydrogen-bond acceptors (Lipinski definition) is 5. The minimum Gasteiger partial charge on any atom is -0.504 e. The van der Waals surface area contributed by atoms with Crippen molar-refractivity contribution >= 4 is 21.6 Å². The third-order valence-electron chi connectivity index (χ3n) is 6.25. The Balaban J connectivity index is 1.75. The molecule has 0 radical (unpaired) electrons. The predicted octanol–water partition coefficient (Wildman–Crippen LogP) is 4.59. The Morgan fingerprint density at radius 2 is 1.89 bits per heavy atom. The van der Waals surface area contributed by atoms with E-state index in [-0.39, 0.29) is 23.0 Å².